The zero-order valence-electron chi connectivity index (χ0n) is 9.77. The number of anilines is 2. The fraction of sp³-hybridized carbons (Fsp3) is 0. The highest BCUT2D eigenvalue weighted by Gasteiger charge is 2.21. The number of hydrogen-bond donors (Lipinski definition) is 2. The Morgan fingerprint density at radius 2 is 1.95 bits per heavy atom. The Balaban J connectivity index is 2.43. The van der Waals surface area contributed by atoms with Crippen molar-refractivity contribution < 1.29 is 17.2 Å². The number of benzene rings is 1. The lowest BCUT2D eigenvalue weighted by Gasteiger charge is -2.10. The predicted octanol–water partition coefficient (Wildman–Crippen LogP) is 2.51. The largest absolute Gasteiger partial charge is 0.382 e. The summed E-state index contributed by atoms with van der Waals surface area (Å²) in [4.78, 5) is 3.06. The molecule has 2 rings (SSSR count). The lowest BCUT2D eigenvalue weighted by molar-refractivity contribution is 0.551. The Bertz CT molecular complexity index is 768. The number of nitrogens with two attached hydrogens (primary N) is 1. The second-order valence-electron chi connectivity index (χ2n) is 3.77. The van der Waals surface area contributed by atoms with E-state index in [2.05, 4.69) is 25.6 Å². The van der Waals surface area contributed by atoms with Gasteiger partial charge in [-0.2, -0.15) is 0 Å². The van der Waals surface area contributed by atoms with Gasteiger partial charge in [0.2, 0.25) is 0 Å². The van der Waals surface area contributed by atoms with E-state index < -0.39 is 26.6 Å². The van der Waals surface area contributed by atoms with Gasteiger partial charge in [-0.05, 0) is 34.1 Å². The summed E-state index contributed by atoms with van der Waals surface area (Å²) in [6.45, 7) is 0. The number of pyridine rings is 1. The van der Waals surface area contributed by atoms with Crippen LogP contribution in [0, 0.1) is 11.6 Å². The molecule has 0 saturated heterocycles. The number of hydrogen-bond acceptors (Lipinski definition) is 4. The Morgan fingerprint density at radius 3 is 2.60 bits per heavy atom. The van der Waals surface area contributed by atoms with Gasteiger partial charge in [0.05, 0.1) is 5.69 Å². The Labute approximate surface area is 122 Å². The van der Waals surface area contributed by atoms with Gasteiger partial charge in [0.15, 0.2) is 0 Å². The van der Waals surface area contributed by atoms with Crippen LogP contribution in [0.5, 0.6) is 0 Å². The van der Waals surface area contributed by atoms with Gasteiger partial charge >= 0.3 is 0 Å². The van der Waals surface area contributed by atoms with Gasteiger partial charge in [-0.25, -0.2) is 22.2 Å². The topological polar surface area (TPSA) is 85.1 Å². The van der Waals surface area contributed by atoms with Gasteiger partial charge < -0.3 is 5.73 Å². The first kappa shape index (κ1) is 14.7. The first-order chi connectivity index (χ1) is 9.29. The smallest absolute Gasteiger partial charge is 0.264 e. The van der Waals surface area contributed by atoms with Crippen LogP contribution in [0.3, 0.4) is 0 Å². The molecule has 0 aliphatic rings. The number of nitrogens with one attached hydrogen (secondary N) is 1. The first-order valence-corrected chi connectivity index (χ1v) is 7.46. The number of halogens is 3. The molecule has 0 bridgehead atoms. The minimum atomic E-state index is -4.23. The summed E-state index contributed by atoms with van der Waals surface area (Å²) < 4.78 is 52.9. The molecule has 2 aromatic rings. The van der Waals surface area contributed by atoms with Gasteiger partial charge in [-0.15, -0.1) is 0 Å². The normalized spacial score (nSPS) is 11.3. The summed E-state index contributed by atoms with van der Waals surface area (Å²) in [6, 6.07) is 3.53. The molecule has 0 spiro atoms. The van der Waals surface area contributed by atoms with Crippen molar-refractivity contribution >= 4 is 37.5 Å². The van der Waals surface area contributed by atoms with E-state index in [-0.39, 0.29) is 11.5 Å². The highest BCUT2D eigenvalue weighted by molar-refractivity contribution is 9.10. The Hall–Kier alpha value is -1.74. The van der Waals surface area contributed by atoms with Crippen LogP contribution < -0.4 is 10.5 Å². The molecule has 0 saturated carbocycles. The summed E-state index contributed by atoms with van der Waals surface area (Å²) in [7, 11) is -4.23. The van der Waals surface area contributed by atoms with E-state index in [9.17, 15) is 17.2 Å². The maximum atomic E-state index is 13.5. The molecule has 1 heterocycles. The van der Waals surface area contributed by atoms with Crippen molar-refractivity contribution in [2.45, 2.75) is 4.90 Å². The zero-order chi connectivity index (χ0) is 14.9. The Morgan fingerprint density at radius 1 is 1.25 bits per heavy atom. The highest BCUT2D eigenvalue weighted by atomic mass is 79.9. The summed E-state index contributed by atoms with van der Waals surface area (Å²) in [5.41, 5.74) is 5.51. The van der Waals surface area contributed by atoms with Gasteiger partial charge in [-0.3, -0.25) is 4.72 Å². The average Bonchev–Trinajstić information content (AvgIpc) is 2.33. The van der Waals surface area contributed by atoms with E-state index in [0.29, 0.717) is 10.5 Å². The molecule has 106 valence electrons. The van der Waals surface area contributed by atoms with Crippen LogP contribution in [-0.2, 0) is 10.0 Å². The third kappa shape index (κ3) is 3.05. The summed E-state index contributed by atoms with van der Waals surface area (Å²) in [5, 5.41) is 0. The number of sulfonamides is 1. The minimum Gasteiger partial charge on any atom is -0.382 e. The third-order valence-electron chi connectivity index (χ3n) is 2.31. The van der Waals surface area contributed by atoms with Crippen molar-refractivity contribution in [2.75, 3.05) is 10.5 Å². The van der Waals surface area contributed by atoms with E-state index in [1.165, 1.54) is 12.3 Å². The van der Waals surface area contributed by atoms with E-state index in [0.717, 1.165) is 12.1 Å². The molecule has 0 aliphatic carbocycles. The molecule has 1 aromatic heterocycles. The van der Waals surface area contributed by atoms with Gasteiger partial charge in [0.1, 0.15) is 22.3 Å². The van der Waals surface area contributed by atoms with Gasteiger partial charge in [0, 0.05) is 16.7 Å². The average molecular weight is 364 g/mol. The summed E-state index contributed by atoms with van der Waals surface area (Å²) in [5.74, 6) is -2.14. The van der Waals surface area contributed by atoms with Crippen molar-refractivity contribution in [3.05, 3.63) is 46.6 Å². The molecular weight excluding hydrogens is 356 g/mol. The van der Waals surface area contributed by atoms with Crippen LogP contribution in [0.2, 0.25) is 0 Å². The molecule has 9 heteroatoms. The van der Waals surface area contributed by atoms with Crippen molar-refractivity contribution in [3.8, 4) is 0 Å². The summed E-state index contributed by atoms with van der Waals surface area (Å²) in [6.07, 6.45) is 1.38. The molecule has 1 aromatic carbocycles. The first-order valence-electron chi connectivity index (χ1n) is 5.18. The number of aromatic nitrogens is 1. The Kier molecular flexibility index (Phi) is 3.91. The molecule has 0 radical (unpaired) electrons. The number of rotatable bonds is 3. The second kappa shape index (κ2) is 5.33. The molecule has 0 amide bonds. The fourth-order valence-electron chi connectivity index (χ4n) is 1.42. The molecule has 0 atom stereocenters. The maximum absolute atomic E-state index is 13.5. The maximum Gasteiger partial charge on any atom is 0.264 e. The van der Waals surface area contributed by atoms with Crippen molar-refractivity contribution in [2.24, 2.45) is 0 Å². The van der Waals surface area contributed by atoms with Crippen LogP contribution in [0.25, 0.3) is 0 Å². The zero-order valence-corrected chi connectivity index (χ0v) is 12.2. The van der Waals surface area contributed by atoms with Gasteiger partial charge in [-0.1, -0.05) is 0 Å². The van der Waals surface area contributed by atoms with E-state index in [4.69, 9.17) is 5.73 Å². The number of nitrogen functional groups attached to an aromatic ring is 1. The standard InChI is InChI=1S/C11H8BrF2N3O2S/c12-6-3-9(11(15)16-5-6)17-20(18,19)10-2-1-7(13)4-8(10)14/h1-5,17H,(H2,15,16). The van der Waals surface area contributed by atoms with Crippen LogP contribution >= 0.6 is 15.9 Å². The third-order valence-corrected chi connectivity index (χ3v) is 4.15. The highest BCUT2D eigenvalue weighted by Crippen LogP contribution is 2.25. The monoisotopic (exact) mass is 363 g/mol. The van der Waals surface area contributed by atoms with E-state index >= 15 is 0 Å². The molecule has 3 N–H and O–H groups in total. The second-order valence-corrected chi connectivity index (χ2v) is 6.33. The lowest BCUT2D eigenvalue weighted by atomic mass is 10.3. The van der Waals surface area contributed by atoms with Crippen LogP contribution in [0.1, 0.15) is 0 Å². The minimum absolute atomic E-state index is 0.0110. The van der Waals surface area contributed by atoms with Gasteiger partial charge in [0.25, 0.3) is 10.0 Å². The van der Waals surface area contributed by atoms with Crippen molar-refractivity contribution in [1.29, 1.82) is 0 Å². The van der Waals surface area contributed by atoms with E-state index in [1.54, 1.807) is 0 Å². The van der Waals surface area contributed by atoms with Crippen LogP contribution in [0.15, 0.2) is 39.8 Å². The van der Waals surface area contributed by atoms with Crippen molar-refractivity contribution in [1.82, 2.24) is 4.98 Å². The summed E-state index contributed by atoms with van der Waals surface area (Å²) >= 11 is 3.11. The fourth-order valence-corrected chi connectivity index (χ4v) is 2.88. The molecule has 0 fully saturated rings. The lowest BCUT2D eigenvalue weighted by Crippen LogP contribution is -2.16. The predicted molar refractivity (Wildman–Crippen MR) is 73.5 cm³/mol. The molecular formula is C11H8BrF2N3O2S. The van der Waals surface area contributed by atoms with E-state index in [1.807, 2.05) is 0 Å². The van der Waals surface area contributed by atoms with Crippen LogP contribution in [-0.4, -0.2) is 13.4 Å². The quantitative estimate of drug-likeness (QED) is 0.877. The SMILES string of the molecule is Nc1ncc(Br)cc1NS(=O)(=O)c1ccc(F)cc1F. The number of nitrogens with zero attached hydrogens (tertiary/aromatic N) is 1. The molecule has 20 heavy (non-hydrogen) atoms. The van der Waals surface area contributed by atoms with Crippen LogP contribution in [0.4, 0.5) is 20.3 Å². The molecule has 5 nitrogen and oxygen atoms in total. The molecule has 0 aliphatic heterocycles. The molecule has 0 unspecified atom stereocenters. The van der Waals surface area contributed by atoms with Crippen molar-refractivity contribution in [3.63, 3.8) is 0 Å².